The van der Waals surface area contributed by atoms with Crippen LogP contribution in [0.5, 0.6) is 0 Å². The zero-order valence-electron chi connectivity index (χ0n) is 17.7. The number of amides is 1. The molecule has 30 heavy (non-hydrogen) atoms. The van der Waals surface area contributed by atoms with E-state index in [0.29, 0.717) is 49.2 Å². The Morgan fingerprint density at radius 3 is 2.37 bits per heavy atom. The highest BCUT2D eigenvalue weighted by Crippen LogP contribution is 2.31. The van der Waals surface area contributed by atoms with E-state index in [0.717, 1.165) is 11.8 Å². The summed E-state index contributed by atoms with van der Waals surface area (Å²) in [5.41, 5.74) is 1.28. The molecule has 1 amide bonds. The van der Waals surface area contributed by atoms with Gasteiger partial charge in [0.2, 0.25) is 5.91 Å². The van der Waals surface area contributed by atoms with Crippen molar-refractivity contribution in [2.24, 2.45) is 5.92 Å². The average molecular weight is 438 g/mol. The fourth-order valence-corrected chi connectivity index (χ4v) is 3.31. The summed E-state index contributed by atoms with van der Waals surface area (Å²) in [6, 6.07) is 5.25. The molecule has 1 aromatic carbocycles. The van der Waals surface area contributed by atoms with E-state index in [2.05, 4.69) is 15.0 Å². The van der Waals surface area contributed by atoms with Gasteiger partial charge in [0.25, 0.3) is 0 Å². The zero-order valence-corrected chi connectivity index (χ0v) is 18.5. The monoisotopic (exact) mass is 437 g/mol. The lowest BCUT2D eigenvalue weighted by atomic mass is 10.1. The van der Waals surface area contributed by atoms with Crippen LogP contribution in [0.25, 0.3) is 0 Å². The number of nitrogens with one attached hydrogen (secondary N) is 1. The summed E-state index contributed by atoms with van der Waals surface area (Å²) in [4.78, 5) is 40.0. The maximum Gasteiger partial charge on any atom is 0.354 e. The van der Waals surface area contributed by atoms with Crippen LogP contribution < -0.4 is 10.2 Å². The first kappa shape index (κ1) is 23.5. The van der Waals surface area contributed by atoms with Crippen LogP contribution >= 0.6 is 11.6 Å². The van der Waals surface area contributed by atoms with Gasteiger partial charge >= 0.3 is 11.9 Å². The molecule has 1 aliphatic rings. The van der Waals surface area contributed by atoms with E-state index in [-0.39, 0.29) is 11.6 Å². The molecule has 0 radical (unpaired) electrons. The van der Waals surface area contributed by atoms with Crippen LogP contribution in [0.2, 0.25) is 5.02 Å². The average Bonchev–Trinajstić information content (AvgIpc) is 2.72. The molecule has 0 aromatic heterocycles. The number of rotatable bonds is 7. The highest BCUT2D eigenvalue weighted by Gasteiger charge is 2.24. The molecular weight excluding hydrogens is 410 g/mol. The minimum atomic E-state index is -0.713. The molecule has 1 aliphatic heterocycles. The summed E-state index contributed by atoms with van der Waals surface area (Å²) in [7, 11) is 2.44. The number of carbonyl (C=O) groups excluding carboxylic acids is 3. The number of hydrogen-bond donors (Lipinski definition) is 1. The highest BCUT2D eigenvalue weighted by atomic mass is 35.5. The Labute approximate surface area is 181 Å². The molecule has 1 fully saturated rings. The SMILES string of the molecule is COC(=O)/C=C(/Nc1cc(Cl)ccc1N1CCN(C(=O)CC(C)C)CC1)C(=O)OC. The molecule has 164 valence electrons. The third-order valence-electron chi connectivity index (χ3n) is 4.65. The van der Waals surface area contributed by atoms with Crippen LogP contribution in [0.4, 0.5) is 11.4 Å². The largest absolute Gasteiger partial charge is 0.466 e. The first-order chi connectivity index (χ1) is 14.2. The number of hydrogen-bond acceptors (Lipinski definition) is 7. The Kier molecular flexibility index (Phi) is 8.53. The second kappa shape index (κ2) is 10.9. The number of esters is 2. The van der Waals surface area contributed by atoms with Crippen molar-refractivity contribution < 1.29 is 23.9 Å². The summed E-state index contributed by atoms with van der Waals surface area (Å²) >= 11 is 6.16. The van der Waals surface area contributed by atoms with Gasteiger partial charge in [-0.1, -0.05) is 25.4 Å². The van der Waals surface area contributed by atoms with Gasteiger partial charge in [0.05, 0.1) is 31.7 Å². The van der Waals surface area contributed by atoms with Crippen molar-refractivity contribution in [1.29, 1.82) is 0 Å². The number of piperazine rings is 1. The smallest absolute Gasteiger partial charge is 0.354 e. The van der Waals surface area contributed by atoms with Gasteiger partial charge in [-0.15, -0.1) is 0 Å². The molecule has 0 saturated carbocycles. The number of carbonyl (C=O) groups is 3. The minimum Gasteiger partial charge on any atom is -0.466 e. The van der Waals surface area contributed by atoms with E-state index < -0.39 is 11.9 Å². The number of nitrogens with zero attached hydrogens (tertiary/aromatic N) is 2. The van der Waals surface area contributed by atoms with Crippen LogP contribution in [0, 0.1) is 5.92 Å². The summed E-state index contributed by atoms with van der Waals surface area (Å²) in [5.74, 6) is -0.923. The van der Waals surface area contributed by atoms with E-state index in [1.54, 1.807) is 12.1 Å². The van der Waals surface area contributed by atoms with Gasteiger partial charge in [-0.2, -0.15) is 0 Å². The molecule has 8 nitrogen and oxygen atoms in total. The van der Waals surface area contributed by atoms with Gasteiger partial charge in [-0.3, -0.25) is 4.79 Å². The maximum absolute atomic E-state index is 12.3. The highest BCUT2D eigenvalue weighted by molar-refractivity contribution is 6.31. The topological polar surface area (TPSA) is 88.2 Å². The van der Waals surface area contributed by atoms with Crippen molar-refractivity contribution in [1.82, 2.24) is 4.90 Å². The Morgan fingerprint density at radius 2 is 1.80 bits per heavy atom. The molecular formula is C21H28ClN3O5. The first-order valence-electron chi connectivity index (χ1n) is 9.72. The van der Waals surface area contributed by atoms with E-state index in [1.165, 1.54) is 14.2 Å². The molecule has 1 N–H and O–H groups in total. The maximum atomic E-state index is 12.3. The van der Waals surface area contributed by atoms with Crippen LogP contribution in [0.3, 0.4) is 0 Å². The van der Waals surface area contributed by atoms with Crippen LogP contribution in [-0.4, -0.2) is 63.1 Å². The Morgan fingerprint density at radius 1 is 1.13 bits per heavy atom. The van der Waals surface area contributed by atoms with Crippen molar-refractivity contribution >= 4 is 40.8 Å². The Balaban J connectivity index is 2.21. The second-order valence-corrected chi connectivity index (χ2v) is 7.76. The number of ether oxygens (including phenoxy) is 2. The van der Waals surface area contributed by atoms with Crippen molar-refractivity contribution in [2.45, 2.75) is 20.3 Å². The number of methoxy groups -OCH3 is 2. The number of anilines is 2. The van der Waals surface area contributed by atoms with Gasteiger partial charge in [0.1, 0.15) is 5.70 Å². The molecule has 0 unspecified atom stereocenters. The quantitative estimate of drug-likeness (QED) is 0.518. The molecule has 1 aromatic rings. The normalized spacial score (nSPS) is 14.5. The molecule has 0 atom stereocenters. The summed E-state index contributed by atoms with van der Waals surface area (Å²) < 4.78 is 9.36. The minimum absolute atomic E-state index is 0.0707. The van der Waals surface area contributed by atoms with Crippen LogP contribution in [0.15, 0.2) is 30.0 Å². The predicted octanol–water partition coefficient (Wildman–Crippen LogP) is 2.68. The van der Waals surface area contributed by atoms with Gasteiger partial charge in [0.15, 0.2) is 0 Å². The zero-order chi connectivity index (χ0) is 22.3. The lowest BCUT2D eigenvalue weighted by Crippen LogP contribution is -2.49. The van der Waals surface area contributed by atoms with E-state index in [9.17, 15) is 14.4 Å². The van der Waals surface area contributed by atoms with Crippen molar-refractivity contribution in [3.8, 4) is 0 Å². The molecule has 0 bridgehead atoms. The standard InChI is InChI=1S/C21H28ClN3O5/c1-14(2)11-19(26)25-9-7-24(8-10-25)18-6-5-15(22)12-16(18)23-17(21(28)30-4)13-20(27)29-3/h5-6,12-14,23H,7-11H2,1-4H3/b17-13+. The van der Waals surface area contributed by atoms with Crippen LogP contribution in [0.1, 0.15) is 20.3 Å². The van der Waals surface area contributed by atoms with Crippen molar-refractivity contribution in [2.75, 3.05) is 50.6 Å². The Hall–Kier alpha value is -2.74. The molecule has 2 rings (SSSR count). The fraction of sp³-hybridized carbons (Fsp3) is 0.476. The van der Waals surface area contributed by atoms with Gasteiger partial charge in [-0.25, -0.2) is 9.59 Å². The number of halogens is 1. The van der Waals surface area contributed by atoms with E-state index in [4.69, 9.17) is 16.3 Å². The van der Waals surface area contributed by atoms with Gasteiger partial charge in [-0.05, 0) is 24.1 Å². The lowest BCUT2D eigenvalue weighted by molar-refractivity contribution is -0.138. The Bertz CT molecular complexity index is 817. The van der Waals surface area contributed by atoms with E-state index in [1.807, 2.05) is 24.8 Å². The summed E-state index contributed by atoms with van der Waals surface area (Å²) in [5, 5.41) is 3.41. The second-order valence-electron chi connectivity index (χ2n) is 7.33. The summed E-state index contributed by atoms with van der Waals surface area (Å²) in [6.45, 7) is 6.54. The van der Waals surface area contributed by atoms with E-state index >= 15 is 0 Å². The van der Waals surface area contributed by atoms with Crippen molar-refractivity contribution in [3.63, 3.8) is 0 Å². The third-order valence-corrected chi connectivity index (χ3v) is 4.89. The fourth-order valence-electron chi connectivity index (χ4n) is 3.14. The van der Waals surface area contributed by atoms with Crippen molar-refractivity contribution in [3.05, 3.63) is 35.0 Å². The molecule has 1 saturated heterocycles. The molecule has 1 heterocycles. The van der Waals surface area contributed by atoms with Gasteiger partial charge in [0, 0.05) is 37.6 Å². The first-order valence-corrected chi connectivity index (χ1v) is 10.1. The van der Waals surface area contributed by atoms with Crippen LogP contribution in [-0.2, 0) is 23.9 Å². The number of benzene rings is 1. The molecule has 0 spiro atoms. The molecule has 0 aliphatic carbocycles. The third kappa shape index (κ3) is 6.38. The summed E-state index contributed by atoms with van der Waals surface area (Å²) in [6.07, 6.45) is 1.56. The van der Waals surface area contributed by atoms with Gasteiger partial charge < -0.3 is 24.6 Å². The lowest BCUT2D eigenvalue weighted by Gasteiger charge is -2.37. The predicted molar refractivity (Wildman–Crippen MR) is 115 cm³/mol. The molecule has 9 heteroatoms.